The molecule has 0 atom stereocenters. The average Bonchev–Trinajstić information content (AvgIpc) is 2.95. The Morgan fingerprint density at radius 3 is 2.61 bits per heavy atom. The molecular formula is C16H10ClF3N2O. The Balaban J connectivity index is 1.87. The van der Waals surface area contributed by atoms with Gasteiger partial charge in [0.15, 0.2) is 0 Å². The van der Waals surface area contributed by atoms with Gasteiger partial charge in [-0.15, -0.1) is 0 Å². The van der Waals surface area contributed by atoms with Gasteiger partial charge in [0.05, 0.1) is 10.6 Å². The lowest BCUT2D eigenvalue weighted by atomic mass is 10.1. The molecule has 0 radical (unpaired) electrons. The minimum absolute atomic E-state index is 0.0262. The fourth-order valence-corrected chi connectivity index (χ4v) is 2.44. The van der Waals surface area contributed by atoms with E-state index in [0.717, 1.165) is 23.0 Å². The normalized spacial score (nSPS) is 11.7. The highest BCUT2D eigenvalue weighted by Crippen LogP contribution is 2.36. The summed E-state index contributed by atoms with van der Waals surface area (Å²) in [6.45, 7) is 0. The van der Waals surface area contributed by atoms with Crippen LogP contribution in [0.25, 0.3) is 10.9 Å². The number of amides is 1. The van der Waals surface area contributed by atoms with E-state index in [1.165, 1.54) is 6.07 Å². The van der Waals surface area contributed by atoms with Crippen LogP contribution in [-0.2, 0) is 6.18 Å². The van der Waals surface area contributed by atoms with Gasteiger partial charge in [0.2, 0.25) is 0 Å². The lowest BCUT2D eigenvalue weighted by molar-refractivity contribution is -0.137. The quantitative estimate of drug-likeness (QED) is 0.671. The molecule has 7 heteroatoms. The molecule has 3 nitrogen and oxygen atoms in total. The van der Waals surface area contributed by atoms with Gasteiger partial charge in [-0.3, -0.25) is 4.79 Å². The molecule has 0 aliphatic rings. The van der Waals surface area contributed by atoms with Crippen molar-refractivity contribution in [1.82, 2.24) is 4.98 Å². The largest absolute Gasteiger partial charge is 0.417 e. The van der Waals surface area contributed by atoms with E-state index in [1.54, 1.807) is 24.4 Å². The molecule has 2 N–H and O–H groups in total. The first-order valence-electron chi connectivity index (χ1n) is 6.60. The van der Waals surface area contributed by atoms with Crippen molar-refractivity contribution in [3.8, 4) is 0 Å². The maximum absolute atomic E-state index is 12.8. The monoisotopic (exact) mass is 338 g/mol. The molecule has 0 saturated heterocycles. The van der Waals surface area contributed by atoms with Crippen molar-refractivity contribution in [2.45, 2.75) is 6.18 Å². The first-order valence-corrected chi connectivity index (χ1v) is 6.97. The predicted molar refractivity (Wildman–Crippen MR) is 82.7 cm³/mol. The Morgan fingerprint density at radius 1 is 1.09 bits per heavy atom. The van der Waals surface area contributed by atoms with Crippen LogP contribution in [0.15, 0.2) is 48.7 Å². The first kappa shape index (κ1) is 15.4. The molecule has 0 bridgehead atoms. The van der Waals surface area contributed by atoms with Crippen LogP contribution in [0.5, 0.6) is 0 Å². The molecule has 0 unspecified atom stereocenters. The summed E-state index contributed by atoms with van der Waals surface area (Å²) in [4.78, 5) is 15.2. The second kappa shape index (κ2) is 5.62. The van der Waals surface area contributed by atoms with Crippen molar-refractivity contribution in [2.24, 2.45) is 0 Å². The molecule has 1 heterocycles. The average molecular weight is 339 g/mol. The van der Waals surface area contributed by atoms with Crippen LogP contribution in [-0.4, -0.2) is 10.9 Å². The SMILES string of the molecule is O=C(Nc1ccc(Cl)c(C(F)(F)F)c1)c1ccc2cc[nH]c2c1. The topological polar surface area (TPSA) is 44.9 Å². The van der Waals surface area contributed by atoms with Crippen molar-refractivity contribution < 1.29 is 18.0 Å². The summed E-state index contributed by atoms with van der Waals surface area (Å²) in [5, 5.41) is 2.97. The maximum atomic E-state index is 12.8. The van der Waals surface area contributed by atoms with Gasteiger partial charge in [-0.1, -0.05) is 17.7 Å². The standard InChI is InChI=1S/C16H10ClF3N2O/c17-13-4-3-11(8-12(13)16(18,19)20)22-15(23)10-2-1-9-5-6-21-14(9)7-10/h1-8,21H,(H,22,23). The summed E-state index contributed by atoms with van der Waals surface area (Å²) in [5.74, 6) is -0.503. The van der Waals surface area contributed by atoms with E-state index in [4.69, 9.17) is 11.6 Å². The third-order valence-corrected chi connectivity index (χ3v) is 3.68. The van der Waals surface area contributed by atoms with E-state index < -0.39 is 22.7 Å². The molecule has 0 aliphatic carbocycles. The van der Waals surface area contributed by atoms with Crippen LogP contribution in [0.4, 0.5) is 18.9 Å². The third kappa shape index (κ3) is 3.17. The van der Waals surface area contributed by atoms with Gasteiger partial charge < -0.3 is 10.3 Å². The molecule has 0 fully saturated rings. The van der Waals surface area contributed by atoms with Crippen LogP contribution in [0.1, 0.15) is 15.9 Å². The summed E-state index contributed by atoms with van der Waals surface area (Å²) < 4.78 is 38.5. The zero-order chi connectivity index (χ0) is 16.6. The van der Waals surface area contributed by atoms with Gasteiger partial charge in [-0.25, -0.2) is 0 Å². The number of rotatable bonds is 2. The van der Waals surface area contributed by atoms with Gasteiger partial charge in [-0.2, -0.15) is 13.2 Å². The number of H-pyrrole nitrogens is 1. The number of anilines is 1. The number of aromatic amines is 1. The predicted octanol–water partition coefficient (Wildman–Crippen LogP) is 5.09. The molecule has 118 valence electrons. The second-order valence-electron chi connectivity index (χ2n) is 4.93. The number of nitrogens with one attached hydrogen (secondary N) is 2. The van der Waals surface area contributed by atoms with E-state index in [1.807, 2.05) is 6.07 Å². The number of hydrogen-bond donors (Lipinski definition) is 2. The number of alkyl halides is 3. The Bertz CT molecular complexity index is 886. The minimum atomic E-state index is -4.58. The zero-order valence-electron chi connectivity index (χ0n) is 11.5. The number of aromatic nitrogens is 1. The smallest absolute Gasteiger partial charge is 0.361 e. The van der Waals surface area contributed by atoms with E-state index in [0.29, 0.717) is 5.56 Å². The summed E-state index contributed by atoms with van der Waals surface area (Å²) in [5.41, 5.74) is 0.142. The molecule has 3 rings (SSSR count). The Labute approximate surface area is 134 Å². The summed E-state index contributed by atoms with van der Waals surface area (Å²) in [6, 6.07) is 10.1. The fourth-order valence-electron chi connectivity index (χ4n) is 2.21. The highest BCUT2D eigenvalue weighted by atomic mass is 35.5. The molecule has 23 heavy (non-hydrogen) atoms. The summed E-state index contributed by atoms with van der Waals surface area (Å²) in [6.07, 6.45) is -2.85. The lowest BCUT2D eigenvalue weighted by Gasteiger charge is -2.12. The van der Waals surface area contributed by atoms with Crippen LogP contribution in [0, 0.1) is 0 Å². The highest BCUT2D eigenvalue weighted by Gasteiger charge is 2.33. The van der Waals surface area contributed by atoms with Crippen molar-refractivity contribution in [1.29, 1.82) is 0 Å². The van der Waals surface area contributed by atoms with Crippen LogP contribution in [0.2, 0.25) is 5.02 Å². The van der Waals surface area contributed by atoms with E-state index in [-0.39, 0.29) is 5.69 Å². The number of carbonyl (C=O) groups excluding carboxylic acids is 1. The highest BCUT2D eigenvalue weighted by molar-refractivity contribution is 6.31. The van der Waals surface area contributed by atoms with Crippen molar-refractivity contribution in [3.63, 3.8) is 0 Å². The zero-order valence-corrected chi connectivity index (χ0v) is 12.3. The van der Waals surface area contributed by atoms with E-state index in [9.17, 15) is 18.0 Å². The minimum Gasteiger partial charge on any atom is -0.361 e. The van der Waals surface area contributed by atoms with Crippen LogP contribution in [0.3, 0.4) is 0 Å². The van der Waals surface area contributed by atoms with Gasteiger partial charge in [0, 0.05) is 23.0 Å². The number of hydrogen-bond acceptors (Lipinski definition) is 1. The Hall–Kier alpha value is -2.47. The molecule has 0 aliphatic heterocycles. The number of halogens is 4. The number of benzene rings is 2. The summed E-state index contributed by atoms with van der Waals surface area (Å²) in [7, 11) is 0. The fraction of sp³-hybridized carbons (Fsp3) is 0.0625. The molecule has 1 aromatic heterocycles. The maximum Gasteiger partial charge on any atom is 0.417 e. The third-order valence-electron chi connectivity index (χ3n) is 3.35. The second-order valence-corrected chi connectivity index (χ2v) is 5.33. The molecule has 1 amide bonds. The Morgan fingerprint density at radius 2 is 1.87 bits per heavy atom. The van der Waals surface area contributed by atoms with Crippen LogP contribution < -0.4 is 5.32 Å². The lowest BCUT2D eigenvalue weighted by Crippen LogP contribution is -2.13. The van der Waals surface area contributed by atoms with Gasteiger partial charge in [0.25, 0.3) is 5.91 Å². The number of carbonyl (C=O) groups is 1. The summed E-state index contributed by atoms with van der Waals surface area (Å²) >= 11 is 5.55. The van der Waals surface area contributed by atoms with Gasteiger partial charge in [-0.05, 0) is 41.8 Å². The molecular weight excluding hydrogens is 329 g/mol. The van der Waals surface area contributed by atoms with E-state index in [2.05, 4.69) is 10.3 Å². The number of fused-ring (bicyclic) bond motifs is 1. The van der Waals surface area contributed by atoms with Crippen molar-refractivity contribution in [3.05, 3.63) is 64.8 Å². The molecule has 0 spiro atoms. The van der Waals surface area contributed by atoms with Crippen molar-refractivity contribution >= 4 is 34.1 Å². The Kier molecular flexibility index (Phi) is 3.77. The molecule has 3 aromatic rings. The van der Waals surface area contributed by atoms with Crippen LogP contribution >= 0.6 is 11.6 Å². The first-order chi connectivity index (χ1) is 10.8. The van der Waals surface area contributed by atoms with E-state index >= 15 is 0 Å². The molecule has 0 saturated carbocycles. The molecule has 2 aromatic carbocycles. The van der Waals surface area contributed by atoms with Gasteiger partial charge in [0.1, 0.15) is 0 Å². The van der Waals surface area contributed by atoms with Gasteiger partial charge >= 0.3 is 6.18 Å². The van der Waals surface area contributed by atoms with Crippen molar-refractivity contribution in [2.75, 3.05) is 5.32 Å².